The second kappa shape index (κ2) is 9.14. The van der Waals surface area contributed by atoms with Crippen molar-refractivity contribution in [3.05, 3.63) is 76.3 Å². The molecule has 0 unspecified atom stereocenters. The van der Waals surface area contributed by atoms with Crippen LogP contribution in [0.2, 0.25) is 0 Å². The fourth-order valence-corrected chi connectivity index (χ4v) is 4.27. The number of carbonyl (C=O) groups excluding carboxylic acids is 2. The third-order valence-electron chi connectivity index (χ3n) is 4.88. The zero-order valence-electron chi connectivity index (χ0n) is 17.0. The van der Waals surface area contributed by atoms with Crippen LogP contribution in [-0.4, -0.2) is 39.9 Å². The van der Waals surface area contributed by atoms with E-state index >= 15 is 0 Å². The van der Waals surface area contributed by atoms with Crippen molar-refractivity contribution in [3.8, 4) is 0 Å². The molecule has 1 N–H and O–H groups in total. The van der Waals surface area contributed by atoms with E-state index in [9.17, 15) is 27.2 Å². The number of urea groups is 1. The second-order valence-electron chi connectivity index (χ2n) is 7.20. The first-order valence-electron chi connectivity index (χ1n) is 9.78. The van der Waals surface area contributed by atoms with Gasteiger partial charge in [0.05, 0.1) is 0 Å². The Morgan fingerprint density at radius 1 is 1.12 bits per heavy atom. The predicted molar refractivity (Wildman–Crippen MR) is 112 cm³/mol. The van der Waals surface area contributed by atoms with Crippen LogP contribution in [-0.2, 0) is 19.3 Å². The molecule has 0 radical (unpaired) electrons. The van der Waals surface area contributed by atoms with Crippen LogP contribution in [0, 0.1) is 5.82 Å². The first kappa shape index (κ1) is 22.6. The van der Waals surface area contributed by atoms with E-state index in [1.807, 2.05) is 0 Å². The highest BCUT2D eigenvalue weighted by Crippen LogP contribution is 2.38. The summed E-state index contributed by atoms with van der Waals surface area (Å²) in [6, 6.07) is 8.37. The number of nitrogens with zero attached hydrogens (tertiary/aromatic N) is 4. The molecule has 0 atom stereocenters. The second-order valence-corrected chi connectivity index (χ2v) is 8.18. The highest BCUT2D eigenvalue weighted by atomic mass is 32.1. The summed E-state index contributed by atoms with van der Waals surface area (Å²) in [4.78, 5) is 34.7. The topological polar surface area (TPSA) is 78.4 Å². The Bertz CT molecular complexity index is 1150. The van der Waals surface area contributed by atoms with E-state index in [0.717, 1.165) is 4.90 Å². The van der Waals surface area contributed by atoms with E-state index in [4.69, 9.17) is 0 Å². The Morgan fingerprint density at radius 3 is 2.55 bits per heavy atom. The third kappa shape index (κ3) is 5.11. The molecule has 1 saturated heterocycles. The number of hydrogen-bond acceptors (Lipinski definition) is 5. The molecule has 1 aliphatic heterocycles. The van der Waals surface area contributed by atoms with Crippen LogP contribution < -0.4 is 10.2 Å². The quantitative estimate of drug-likeness (QED) is 0.541. The van der Waals surface area contributed by atoms with E-state index < -0.39 is 34.5 Å². The summed E-state index contributed by atoms with van der Waals surface area (Å²) in [6.07, 6.45) is -1.84. The molecule has 0 spiro atoms. The van der Waals surface area contributed by atoms with Crippen molar-refractivity contribution < 1.29 is 27.2 Å². The number of benzene rings is 1. The summed E-state index contributed by atoms with van der Waals surface area (Å²) in [5.74, 6) is -1.35. The van der Waals surface area contributed by atoms with Gasteiger partial charge in [0, 0.05) is 38.6 Å². The van der Waals surface area contributed by atoms with E-state index in [2.05, 4.69) is 15.3 Å². The van der Waals surface area contributed by atoms with E-state index in [0.29, 0.717) is 22.5 Å². The first-order chi connectivity index (χ1) is 15.7. The minimum Gasteiger partial charge on any atom is -0.347 e. The molecule has 1 aromatic carbocycles. The summed E-state index contributed by atoms with van der Waals surface area (Å²) < 4.78 is 53.8. The van der Waals surface area contributed by atoms with Crippen LogP contribution in [0.25, 0.3) is 0 Å². The van der Waals surface area contributed by atoms with Gasteiger partial charge in [0.1, 0.15) is 10.7 Å². The number of alkyl halides is 3. The van der Waals surface area contributed by atoms with Crippen molar-refractivity contribution in [2.45, 2.75) is 19.3 Å². The van der Waals surface area contributed by atoms with Crippen molar-refractivity contribution in [1.29, 1.82) is 0 Å². The lowest BCUT2D eigenvalue weighted by molar-refractivity contribution is -0.141. The van der Waals surface area contributed by atoms with E-state index in [-0.39, 0.29) is 31.3 Å². The summed E-state index contributed by atoms with van der Waals surface area (Å²) in [5, 5.41) is 2.23. The van der Waals surface area contributed by atoms with Crippen LogP contribution >= 0.6 is 11.3 Å². The fraction of sp³-hybridized carbons (Fsp3) is 0.238. The minimum absolute atomic E-state index is 0.00863. The van der Waals surface area contributed by atoms with Gasteiger partial charge in [0.25, 0.3) is 5.91 Å². The van der Waals surface area contributed by atoms with Gasteiger partial charge >= 0.3 is 12.2 Å². The van der Waals surface area contributed by atoms with Gasteiger partial charge in [-0.1, -0.05) is 29.5 Å². The molecule has 33 heavy (non-hydrogen) atoms. The standard InChI is InChI=1S/C21H17F4N5O2S/c22-15-5-3-13(4-6-15)12-29-8-9-30(20(29)32)19-28-17(21(23,24)25)16(33-19)18(31)27-11-14-2-1-7-26-10-14/h1-7,10H,8-9,11-12H2,(H,27,31). The van der Waals surface area contributed by atoms with Gasteiger partial charge < -0.3 is 10.2 Å². The monoisotopic (exact) mass is 479 g/mol. The highest BCUT2D eigenvalue weighted by molar-refractivity contribution is 7.17. The van der Waals surface area contributed by atoms with Gasteiger partial charge in [-0.15, -0.1) is 0 Å². The Morgan fingerprint density at radius 2 is 1.88 bits per heavy atom. The summed E-state index contributed by atoms with van der Waals surface area (Å²) in [7, 11) is 0. The summed E-state index contributed by atoms with van der Waals surface area (Å²) in [6.45, 7) is 0.526. The number of nitrogens with one attached hydrogen (secondary N) is 1. The minimum atomic E-state index is -4.87. The van der Waals surface area contributed by atoms with Crippen LogP contribution in [0.1, 0.15) is 26.5 Å². The first-order valence-corrected chi connectivity index (χ1v) is 10.6. The Labute approximate surface area is 189 Å². The zero-order chi connectivity index (χ0) is 23.6. The third-order valence-corrected chi connectivity index (χ3v) is 5.96. The molecular formula is C21H17F4N5O2S. The average Bonchev–Trinajstić information content (AvgIpc) is 3.39. The number of hydrogen-bond donors (Lipinski definition) is 1. The lowest BCUT2D eigenvalue weighted by Gasteiger charge is -2.17. The van der Waals surface area contributed by atoms with Crippen molar-refractivity contribution in [2.24, 2.45) is 0 Å². The highest BCUT2D eigenvalue weighted by Gasteiger charge is 2.42. The van der Waals surface area contributed by atoms with Gasteiger partial charge in [0.15, 0.2) is 10.8 Å². The van der Waals surface area contributed by atoms with Crippen LogP contribution in [0.3, 0.4) is 0 Å². The van der Waals surface area contributed by atoms with Crippen LogP contribution in [0.4, 0.5) is 27.5 Å². The normalized spacial score (nSPS) is 14.1. The van der Waals surface area contributed by atoms with Gasteiger partial charge in [-0.05, 0) is 29.3 Å². The maximum absolute atomic E-state index is 13.6. The number of anilines is 1. The van der Waals surface area contributed by atoms with Crippen molar-refractivity contribution in [1.82, 2.24) is 20.2 Å². The predicted octanol–water partition coefficient (Wildman–Crippen LogP) is 4.07. The number of carbonyl (C=O) groups is 2. The maximum Gasteiger partial charge on any atom is 0.435 e. The molecule has 3 amide bonds. The Balaban J connectivity index is 1.52. The lowest BCUT2D eigenvalue weighted by Crippen LogP contribution is -2.31. The van der Waals surface area contributed by atoms with Crippen LogP contribution in [0.5, 0.6) is 0 Å². The van der Waals surface area contributed by atoms with Gasteiger partial charge in [-0.3, -0.25) is 14.7 Å². The van der Waals surface area contributed by atoms with E-state index in [1.54, 1.807) is 12.1 Å². The average molecular weight is 479 g/mol. The molecule has 0 bridgehead atoms. The SMILES string of the molecule is O=C(NCc1cccnc1)c1sc(N2CCN(Cc3ccc(F)cc3)C2=O)nc1C(F)(F)F. The Hall–Kier alpha value is -3.54. The molecule has 2 aromatic heterocycles. The molecule has 1 fully saturated rings. The number of pyridine rings is 1. The molecular weight excluding hydrogens is 462 g/mol. The van der Waals surface area contributed by atoms with Gasteiger partial charge in [-0.2, -0.15) is 13.2 Å². The van der Waals surface area contributed by atoms with E-state index in [1.165, 1.54) is 41.6 Å². The summed E-state index contributed by atoms with van der Waals surface area (Å²) in [5.41, 5.74) is -0.0385. The largest absolute Gasteiger partial charge is 0.435 e. The molecule has 0 saturated carbocycles. The number of rotatable bonds is 6. The van der Waals surface area contributed by atoms with Crippen molar-refractivity contribution in [2.75, 3.05) is 18.0 Å². The lowest BCUT2D eigenvalue weighted by atomic mass is 10.2. The van der Waals surface area contributed by atoms with Gasteiger partial charge in [0.2, 0.25) is 0 Å². The Kier molecular flexibility index (Phi) is 6.27. The number of halogens is 4. The van der Waals surface area contributed by atoms with Crippen molar-refractivity contribution >= 4 is 28.4 Å². The zero-order valence-corrected chi connectivity index (χ0v) is 17.8. The number of thiazole rings is 1. The molecule has 3 aromatic rings. The smallest absolute Gasteiger partial charge is 0.347 e. The number of amides is 3. The number of aromatic nitrogens is 2. The van der Waals surface area contributed by atoms with Gasteiger partial charge in [-0.25, -0.2) is 14.2 Å². The molecule has 0 aliphatic carbocycles. The molecule has 1 aliphatic rings. The molecule has 4 rings (SSSR count). The summed E-state index contributed by atoms with van der Waals surface area (Å²) >= 11 is 0.511. The van der Waals surface area contributed by atoms with Crippen molar-refractivity contribution in [3.63, 3.8) is 0 Å². The molecule has 172 valence electrons. The molecule has 12 heteroatoms. The molecule has 3 heterocycles. The maximum atomic E-state index is 13.6. The fourth-order valence-electron chi connectivity index (χ4n) is 3.25. The van der Waals surface area contributed by atoms with Crippen LogP contribution in [0.15, 0.2) is 48.8 Å². The molecule has 7 nitrogen and oxygen atoms in total.